The van der Waals surface area contributed by atoms with Gasteiger partial charge >= 0.3 is 12.0 Å². The van der Waals surface area contributed by atoms with E-state index in [1.54, 1.807) is 0 Å². The maximum Gasteiger partial charge on any atom is 0.322 e. The van der Waals surface area contributed by atoms with E-state index >= 15 is 0 Å². The number of amides is 3. The molecule has 2 aliphatic rings. The highest BCUT2D eigenvalue weighted by Crippen LogP contribution is 2.51. The van der Waals surface area contributed by atoms with Crippen molar-refractivity contribution in [2.45, 2.75) is 24.3 Å². The number of nitrogens with one attached hydrogen (secondary N) is 2. The second kappa shape index (κ2) is 6.54. The number of urea groups is 1. The third-order valence-corrected chi connectivity index (χ3v) is 5.64. The molecule has 2 fully saturated rings. The molecule has 1 aliphatic heterocycles. The predicted molar refractivity (Wildman–Crippen MR) is 98.0 cm³/mol. The highest BCUT2D eigenvalue weighted by Gasteiger charge is 2.63. The summed E-state index contributed by atoms with van der Waals surface area (Å²) in [4.78, 5) is 36.1. The molecular weight excluding hydrogens is 344 g/mol. The fraction of sp³-hybridized carbons (Fsp3) is 0.286. The molecule has 6 heteroatoms. The molecule has 0 radical (unpaired) electrons. The van der Waals surface area contributed by atoms with E-state index in [0.29, 0.717) is 12.8 Å². The third kappa shape index (κ3) is 3.07. The number of carbonyl (C=O) groups excluding carboxylic acids is 2. The first kappa shape index (κ1) is 17.3. The number of carboxylic acid groups (broad SMARTS) is 1. The normalized spacial score (nSPS) is 26.6. The summed E-state index contributed by atoms with van der Waals surface area (Å²) in [5.41, 5.74) is 0.824. The van der Waals surface area contributed by atoms with E-state index in [-0.39, 0.29) is 5.92 Å². The molecule has 0 aromatic heterocycles. The Morgan fingerprint density at radius 3 is 2.00 bits per heavy atom. The SMILES string of the molecule is O=C1NC(=O)[C@@](CC(c2ccccc2)c2ccccc2)([C@@H]2C[C@H]2C(=O)O)N1. The Morgan fingerprint density at radius 1 is 1.04 bits per heavy atom. The van der Waals surface area contributed by atoms with Crippen molar-refractivity contribution < 1.29 is 19.5 Å². The van der Waals surface area contributed by atoms with Crippen molar-refractivity contribution in [3.8, 4) is 0 Å². The highest BCUT2D eigenvalue weighted by molar-refractivity contribution is 6.08. The van der Waals surface area contributed by atoms with Crippen LogP contribution in [0, 0.1) is 11.8 Å². The Balaban J connectivity index is 1.74. The van der Waals surface area contributed by atoms with Gasteiger partial charge in [-0.1, -0.05) is 60.7 Å². The summed E-state index contributed by atoms with van der Waals surface area (Å²) >= 11 is 0. The minimum Gasteiger partial charge on any atom is -0.481 e. The van der Waals surface area contributed by atoms with Gasteiger partial charge in [-0.05, 0) is 24.0 Å². The molecule has 6 nitrogen and oxygen atoms in total. The van der Waals surface area contributed by atoms with E-state index in [4.69, 9.17) is 0 Å². The molecule has 0 spiro atoms. The molecule has 3 amide bonds. The number of carbonyl (C=O) groups is 3. The highest BCUT2D eigenvalue weighted by atomic mass is 16.4. The summed E-state index contributed by atoms with van der Waals surface area (Å²) in [6.07, 6.45) is 0.701. The average molecular weight is 364 g/mol. The lowest BCUT2D eigenvalue weighted by atomic mass is 9.76. The lowest BCUT2D eigenvalue weighted by Gasteiger charge is -2.31. The monoisotopic (exact) mass is 364 g/mol. The fourth-order valence-corrected chi connectivity index (χ4v) is 4.19. The van der Waals surface area contributed by atoms with Crippen molar-refractivity contribution in [3.63, 3.8) is 0 Å². The van der Waals surface area contributed by atoms with E-state index in [9.17, 15) is 19.5 Å². The van der Waals surface area contributed by atoms with Crippen LogP contribution in [0.4, 0.5) is 4.79 Å². The summed E-state index contributed by atoms with van der Waals surface area (Å²) in [7, 11) is 0. The van der Waals surface area contributed by atoms with Gasteiger partial charge in [-0.2, -0.15) is 0 Å². The average Bonchev–Trinajstić information content (AvgIpc) is 3.43. The number of benzene rings is 2. The summed E-state index contributed by atoms with van der Waals surface area (Å²) in [6.45, 7) is 0. The summed E-state index contributed by atoms with van der Waals surface area (Å²) in [6, 6.07) is 19.0. The Morgan fingerprint density at radius 2 is 1.59 bits per heavy atom. The van der Waals surface area contributed by atoms with Crippen LogP contribution in [0.2, 0.25) is 0 Å². The van der Waals surface area contributed by atoms with Gasteiger partial charge in [0, 0.05) is 11.8 Å². The molecule has 1 saturated heterocycles. The van der Waals surface area contributed by atoms with Crippen LogP contribution >= 0.6 is 0 Å². The van der Waals surface area contributed by atoms with Gasteiger partial charge in [0.2, 0.25) is 0 Å². The van der Waals surface area contributed by atoms with Crippen molar-refractivity contribution >= 4 is 17.9 Å². The number of hydrogen-bond acceptors (Lipinski definition) is 3. The van der Waals surface area contributed by atoms with Crippen LogP contribution in [0.5, 0.6) is 0 Å². The Kier molecular flexibility index (Phi) is 4.18. The molecule has 2 aromatic rings. The first-order valence-electron chi connectivity index (χ1n) is 8.97. The minimum absolute atomic E-state index is 0.147. The molecular formula is C21H20N2O4. The van der Waals surface area contributed by atoms with E-state index in [1.807, 2.05) is 60.7 Å². The van der Waals surface area contributed by atoms with Gasteiger partial charge in [-0.25, -0.2) is 4.79 Å². The van der Waals surface area contributed by atoms with Crippen LogP contribution < -0.4 is 10.6 Å². The molecule has 27 heavy (non-hydrogen) atoms. The van der Waals surface area contributed by atoms with Crippen LogP contribution in [0.3, 0.4) is 0 Å². The van der Waals surface area contributed by atoms with Gasteiger partial charge in [-0.15, -0.1) is 0 Å². The Bertz CT molecular complexity index is 844. The molecule has 2 aromatic carbocycles. The van der Waals surface area contributed by atoms with Crippen molar-refractivity contribution in [2.75, 3.05) is 0 Å². The molecule has 3 atom stereocenters. The van der Waals surface area contributed by atoms with Gasteiger partial charge in [0.05, 0.1) is 5.92 Å². The number of carboxylic acids is 1. The van der Waals surface area contributed by atoms with Gasteiger partial charge < -0.3 is 10.4 Å². The first-order chi connectivity index (χ1) is 13.0. The van der Waals surface area contributed by atoms with Crippen molar-refractivity contribution in [1.29, 1.82) is 0 Å². The van der Waals surface area contributed by atoms with E-state index in [0.717, 1.165) is 11.1 Å². The standard InChI is InChI=1S/C21H20N2O4/c24-18(25)15-11-17(15)21(19(26)22-20(27)23-21)12-16(13-7-3-1-4-8-13)14-9-5-2-6-10-14/h1-10,15-17H,11-12H2,(H,24,25)(H2,22,23,26,27)/t15-,17-,21-/m1/s1. The molecule has 0 unspecified atom stereocenters. The van der Waals surface area contributed by atoms with Crippen molar-refractivity contribution in [3.05, 3.63) is 71.8 Å². The molecule has 1 saturated carbocycles. The van der Waals surface area contributed by atoms with E-state index < -0.39 is 35.3 Å². The van der Waals surface area contributed by atoms with Crippen molar-refractivity contribution in [2.24, 2.45) is 11.8 Å². The number of hydrogen-bond donors (Lipinski definition) is 3. The minimum atomic E-state index is -1.21. The molecule has 3 N–H and O–H groups in total. The van der Waals surface area contributed by atoms with Gasteiger partial charge in [0.15, 0.2) is 0 Å². The Labute approximate surface area is 156 Å². The topological polar surface area (TPSA) is 95.5 Å². The maximum atomic E-state index is 12.8. The second-order valence-corrected chi connectivity index (χ2v) is 7.24. The van der Waals surface area contributed by atoms with Gasteiger partial charge in [0.25, 0.3) is 5.91 Å². The van der Waals surface area contributed by atoms with Gasteiger partial charge in [0.1, 0.15) is 5.54 Å². The second-order valence-electron chi connectivity index (χ2n) is 7.24. The zero-order valence-corrected chi connectivity index (χ0v) is 14.6. The largest absolute Gasteiger partial charge is 0.481 e. The Hall–Kier alpha value is -3.15. The smallest absolute Gasteiger partial charge is 0.322 e. The zero-order chi connectivity index (χ0) is 19.0. The van der Waals surface area contributed by atoms with Crippen LogP contribution in [0.1, 0.15) is 29.9 Å². The molecule has 4 rings (SSSR count). The summed E-state index contributed by atoms with van der Waals surface area (Å²) in [5, 5.41) is 14.5. The zero-order valence-electron chi connectivity index (χ0n) is 14.6. The first-order valence-corrected chi connectivity index (χ1v) is 8.97. The molecule has 1 heterocycles. The number of rotatable bonds is 6. The number of imide groups is 1. The third-order valence-electron chi connectivity index (χ3n) is 5.64. The van der Waals surface area contributed by atoms with Crippen LogP contribution in [-0.4, -0.2) is 28.6 Å². The van der Waals surface area contributed by atoms with Crippen LogP contribution in [0.15, 0.2) is 60.7 Å². The lowest BCUT2D eigenvalue weighted by molar-refractivity contribution is -0.139. The van der Waals surface area contributed by atoms with E-state index in [1.165, 1.54) is 0 Å². The molecule has 138 valence electrons. The summed E-state index contributed by atoms with van der Waals surface area (Å²) in [5.74, 6) is -2.52. The van der Waals surface area contributed by atoms with E-state index in [2.05, 4.69) is 10.6 Å². The molecule has 0 bridgehead atoms. The maximum absolute atomic E-state index is 12.8. The van der Waals surface area contributed by atoms with Crippen LogP contribution in [0.25, 0.3) is 0 Å². The number of aliphatic carboxylic acids is 1. The van der Waals surface area contributed by atoms with Crippen molar-refractivity contribution in [1.82, 2.24) is 10.6 Å². The van der Waals surface area contributed by atoms with Gasteiger partial charge in [-0.3, -0.25) is 14.9 Å². The fourth-order valence-electron chi connectivity index (χ4n) is 4.19. The predicted octanol–water partition coefficient (Wildman–Crippen LogP) is 2.51. The van der Waals surface area contributed by atoms with Crippen LogP contribution in [-0.2, 0) is 9.59 Å². The molecule has 1 aliphatic carbocycles. The quantitative estimate of drug-likeness (QED) is 0.686. The summed E-state index contributed by atoms with van der Waals surface area (Å²) < 4.78 is 0. The lowest BCUT2D eigenvalue weighted by Crippen LogP contribution is -2.51.